The van der Waals surface area contributed by atoms with Crippen LogP contribution in [0.25, 0.3) is 0 Å². The van der Waals surface area contributed by atoms with E-state index < -0.39 is 0 Å². The predicted molar refractivity (Wildman–Crippen MR) is 101 cm³/mol. The van der Waals surface area contributed by atoms with E-state index in [1.165, 1.54) is 6.07 Å². The Hall–Kier alpha value is -2.69. The first kappa shape index (κ1) is 19.1. The van der Waals surface area contributed by atoms with Gasteiger partial charge in [-0.3, -0.25) is 4.79 Å². The molecular formula is C22H24FNO3. The maximum Gasteiger partial charge on any atom is 0.410 e. The molecule has 0 bridgehead atoms. The molecule has 1 saturated heterocycles. The highest BCUT2D eigenvalue weighted by molar-refractivity contribution is 5.83. The van der Waals surface area contributed by atoms with E-state index in [1.54, 1.807) is 23.1 Å². The molecule has 2 aromatic rings. The number of amides is 1. The van der Waals surface area contributed by atoms with E-state index in [4.69, 9.17) is 4.74 Å². The number of likely N-dealkylation sites (tertiary alicyclic amines) is 1. The Labute approximate surface area is 158 Å². The van der Waals surface area contributed by atoms with Gasteiger partial charge in [0.05, 0.1) is 0 Å². The van der Waals surface area contributed by atoms with Gasteiger partial charge in [0.2, 0.25) is 0 Å². The number of benzene rings is 2. The molecule has 1 aliphatic rings. The van der Waals surface area contributed by atoms with Crippen molar-refractivity contribution in [2.45, 2.75) is 38.8 Å². The molecular weight excluding hydrogens is 345 g/mol. The lowest BCUT2D eigenvalue weighted by Gasteiger charge is -2.36. The smallest absolute Gasteiger partial charge is 0.410 e. The topological polar surface area (TPSA) is 46.6 Å². The minimum absolute atomic E-state index is 0.0317. The molecule has 0 aromatic heterocycles. The van der Waals surface area contributed by atoms with Crippen LogP contribution in [0, 0.1) is 11.7 Å². The zero-order valence-electron chi connectivity index (χ0n) is 15.4. The Balaban J connectivity index is 1.51. The number of ketones is 1. The van der Waals surface area contributed by atoms with Crippen LogP contribution in [0.1, 0.15) is 30.9 Å². The maximum absolute atomic E-state index is 13.8. The first-order valence-corrected chi connectivity index (χ1v) is 9.28. The largest absolute Gasteiger partial charge is 0.445 e. The highest BCUT2D eigenvalue weighted by Gasteiger charge is 2.33. The highest BCUT2D eigenvalue weighted by Crippen LogP contribution is 2.26. The van der Waals surface area contributed by atoms with Crippen molar-refractivity contribution in [2.75, 3.05) is 6.54 Å². The normalized spacial score (nSPS) is 19.6. The van der Waals surface area contributed by atoms with Crippen LogP contribution in [-0.4, -0.2) is 29.4 Å². The number of ether oxygens (including phenoxy) is 1. The standard InChI is InChI=1S/C22H24FNO3/c1-16-13-19(21(25)14-18-9-5-6-10-20(18)23)11-12-24(16)22(26)27-15-17-7-3-2-4-8-17/h2-10,16,19H,11-15H2,1H3/t16-,19+/m1/s1. The average Bonchev–Trinajstić information content (AvgIpc) is 2.68. The first-order chi connectivity index (χ1) is 13.0. The van der Waals surface area contributed by atoms with Gasteiger partial charge in [-0.2, -0.15) is 0 Å². The van der Waals surface area contributed by atoms with Crippen LogP contribution in [0.5, 0.6) is 0 Å². The summed E-state index contributed by atoms with van der Waals surface area (Å²) in [6.45, 7) is 2.63. The van der Waals surface area contributed by atoms with Crippen LogP contribution in [0.2, 0.25) is 0 Å². The molecule has 2 atom stereocenters. The van der Waals surface area contributed by atoms with Crippen LogP contribution >= 0.6 is 0 Å². The molecule has 3 rings (SSSR count). The quantitative estimate of drug-likeness (QED) is 0.786. The molecule has 0 N–H and O–H groups in total. The maximum atomic E-state index is 13.8. The molecule has 0 saturated carbocycles. The third kappa shape index (κ3) is 4.94. The van der Waals surface area contributed by atoms with E-state index >= 15 is 0 Å². The van der Waals surface area contributed by atoms with E-state index in [0.29, 0.717) is 24.9 Å². The molecule has 1 aliphatic heterocycles. The third-order valence-electron chi connectivity index (χ3n) is 5.09. The number of hydrogen-bond acceptors (Lipinski definition) is 3. The van der Waals surface area contributed by atoms with Gasteiger partial charge in [0.25, 0.3) is 0 Å². The number of piperidine rings is 1. The number of carbonyl (C=O) groups is 2. The third-order valence-corrected chi connectivity index (χ3v) is 5.09. The lowest BCUT2D eigenvalue weighted by Crippen LogP contribution is -2.46. The summed E-state index contributed by atoms with van der Waals surface area (Å²) < 4.78 is 19.2. The Bertz CT molecular complexity index is 793. The van der Waals surface area contributed by atoms with E-state index in [-0.39, 0.29) is 42.7 Å². The van der Waals surface area contributed by atoms with Crippen molar-refractivity contribution in [1.82, 2.24) is 4.90 Å². The lowest BCUT2D eigenvalue weighted by atomic mass is 9.86. The minimum Gasteiger partial charge on any atom is -0.445 e. The average molecular weight is 369 g/mol. The zero-order valence-corrected chi connectivity index (χ0v) is 15.4. The van der Waals surface area contributed by atoms with E-state index in [1.807, 2.05) is 37.3 Å². The van der Waals surface area contributed by atoms with Crippen molar-refractivity contribution < 1.29 is 18.7 Å². The van der Waals surface area contributed by atoms with Crippen LogP contribution in [-0.2, 0) is 22.6 Å². The Morgan fingerprint density at radius 1 is 1.11 bits per heavy atom. The molecule has 1 amide bonds. The van der Waals surface area contributed by atoms with Gasteiger partial charge < -0.3 is 9.64 Å². The molecule has 0 unspecified atom stereocenters. The monoisotopic (exact) mass is 369 g/mol. The summed E-state index contributed by atoms with van der Waals surface area (Å²) in [4.78, 5) is 26.6. The van der Waals surface area contributed by atoms with Crippen LogP contribution in [0.3, 0.4) is 0 Å². The number of rotatable bonds is 5. The Morgan fingerprint density at radius 3 is 2.52 bits per heavy atom. The SMILES string of the molecule is C[C@@H]1C[C@@H](C(=O)Cc2ccccc2F)CCN1C(=O)OCc1ccccc1. The van der Waals surface area contributed by atoms with E-state index in [2.05, 4.69) is 0 Å². The molecule has 1 heterocycles. The van der Waals surface area contributed by atoms with Crippen molar-refractivity contribution >= 4 is 11.9 Å². The number of nitrogens with zero attached hydrogens (tertiary/aromatic N) is 1. The van der Waals surface area contributed by atoms with Gasteiger partial charge in [-0.25, -0.2) is 9.18 Å². The minimum atomic E-state index is -0.355. The fraction of sp³-hybridized carbons (Fsp3) is 0.364. The van der Waals surface area contributed by atoms with Gasteiger partial charge >= 0.3 is 6.09 Å². The summed E-state index contributed by atoms with van der Waals surface area (Å²) >= 11 is 0. The molecule has 142 valence electrons. The van der Waals surface area contributed by atoms with Gasteiger partial charge in [-0.1, -0.05) is 48.5 Å². The Kier molecular flexibility index (Phi) is 6.22. The second-order valence-electron chi connectivity index (χ2n) is 7.04. The van der Waals surface area contributed by atoms with Gasteiger partial charge in [-0.05, 0) is 37.0 Å². The van der Waals surface area contributed by atoms with Crippen molar-refractivity contribution in [3.05, 3.63) is 71.5 Å². The van der Waals surface area contributed by atoms with E-state index in [9.17, 15) is 14.0 Å². The molecule has 2 aromatic carbocycles. The van der Waals surface area contributed by atoms with Gasteiger partial charge in [0.1, 0.15) is 18.2 Å². The second kappa shape index (κ2) is 8.80. The lowest BCUT2D eigenvalue weighted by molar-refractivity contribution is -0.124. The molecule has 5 heteroatoms. The number of hydrogen-bond donors (Lipinski definition) is 0. The summed E-state index contributed by atoms with van der Waals surface area (Å²) in [6.07, 6.45) is 0.903. The molecule has 27 heavy (non-hydrogen) atoms. The summed E-state index contributed by atoms with van der Waals surface area (Å²) in [5.74, 6) is -0.470. The summed E-state index contributed by atoms with van der Waals surface area (Å²) in [7, 11) is 0. The number of carbonyl (C=O) groups excluding carboxylic acids is 2. The highest BCUT2D eigenvalue weighted by atomic mass is 19.1. The molecule has 0 radical (unpaired) electrons. The van der Waals surface area contributed by atoms with Crippen LogP contribution in [0.4, 0.5) is 9.18 Å². The Morgan fingerprint density at radius 2 is 1.81 bits per heavy atom. The van der Waals surface area contributed by atoms with Crippen molar-refractivity contribution in [2.24, 2.45) is 5.92 Å². The fourth-order valence-electron chi connectivity index (χ4n) is 3.51. The summed E-state index contributed by atoms with van der Waals surface area (Å²) in [5, 5.41) is 0. The van der Waals surface area contributed by atoms with Gasteiger partial charge in [0, 0.05) is 24.9 Å². The van der Waals surface area contributed by atoms with Crippen LogP contribution in [0.15, 0.2) is 54.6 Å². The molecule has 1 fully saturated rings. The van der Waals surface area contributed by atoms with Crippen molar-refractivity contribution in [3.8, 4) is 0 Å². The molecule has 0 aliphatic carbocycles. The van der Waals surface area contributed by atoms with Gasteiger partial charge in [0.15, 0.2) is 0 Å². The molecule has 4 nitrogen and oxygen atoms in total. The molecule has 0 spiro atoms. The zero-order chi connectivity index (χ0) is 19.2. The summed E-state index contributed by atoms with van der Waals surface area (Å²) in [6, 6.07) is 15.8. The first-order valence-electron chi connectivity index (χ1n) is 9.28. The number of Topliss-reactive ketones (excluding diaryl/α,β-unsaturated/α-hetero) is 1. The predicted octanol–water partition coefficient (Wildman–Crippen LogP) is 4.37. The van der Waals surface area contributed by atoms with Crippen molar-refractivity contribution in [3.63, 3.8) is 0 Å². The van der Waals surface area contributed by atoms with Gasteiger partial charge in [-0.15, -0.1) is 0 Å². The second-order valence-corrected chi connectivity index (χ2v) is 7.04. The van der Waals surface area contributed by atoms with Crippen molar-refractivity contribution in [1.29, 1.82) is 0 Å². The van der Waals surface area contributed by atoms with E-state index in [0.717, 1.165) is 5.56 Å². The fourth-order valence-corrected chi connectivity index (χ4v) is 3.51. The summed E-state index contributed by atoms with van der Waals surface area (Å²) in [5.41, 5.74) is 1.37. The van der Waals surface area contributed by atoms with Crippen LogP contribution < -0.4 is 0 Å². The number of halogens is 1.